The van der Waals surface area contributed by atoms with Crippen molar-refractivity contribution in [2.24, 2.45) is 17.8 Å². The minimum absolute atomic E-state index is 0.0649. The van der Waals surface area contributed by atoms with Gasteiger partial charge in [0, 0.05) is 19.3 Å². The highest BCUT2D eigenvalue weighted by Crippen LogP contribution is 2.18. The van der Waals surface area contributed by atoms with Gasteiger partial charge in [-0.1, -0.05) is 247 Å². The first-order valence-corrected chi connectivity index (χ1v) is 26.1. The molecule has 0 saturated heterocycles. The Bertz CT molecular complexity index is 916. The van der Waals surface area contributed by atoms with Gasteiger partial charge in [0.25, 0.3) is 0 Å². The lowest BCUT2D eigenvalue weighted by molar-refractivity contribution is -0.167. The molecular weight excluding hydrogens is 733 g/mol. The van der Waals surface area contributed by atoms with Crippen LogP contribution >= 0.6 is 0 Å². The van der Waals surface area contributed by atoms with Crippen LogP contribution in [0.5, 0.6) is 0 Å². The smallest absolute Gasteiger partial charge is 0.306 e. The molecule has 0 aliphatic rings. The summed E-state index contributed by atoms with van der Waals surface area (Å²) in [7, 11) is 0. The monoisotopic (exact) mass is 835 g/mol. The largest absolute Gasteiger partial charge is 0.462 e. The third kappa shape index (κ3) is 45.8. The Labute approximate surface area is 368 Å². The average molecular weight is 835 g/mol. The van der Waals surface area contributed by atoms with Crippen molar-refractivity contribution in [3.05, 3.63) is 0 Å². The first-order valence-electron chi connectivity index (χ1n) is 26.1. The lowest BCUT2D eigenvalue weighted by atomic mass is 9.99. The Morgan fingerprint density at radius 2 is 0.593 bits per heavy atom. The van der Waals surface area contributed by atoms with Crippen molar-refractivity contribution in [3.8, 4) is 0 Å². The predicted molar refractivity (Wildman–Crippen MR) is 252 cm³/mol. The lowest BCUT2D eigenvalue weighted by Crippen LogP contribution is -2.30. The molecule has 0 aliphatic heterocycles. The fourth-order valence-electron chi connectivity index (χ4n) is 7.91. The van der Waals surface area contributed by atoms with Gasteiger partial charge < -0.3 is 14.2 Å². The predicted octanol–water partition coefficient (Wildman–Crippen LogP) is 16.8. The number of carbonyl (C=O) groups is 3. The minimum atomic E-state index is -0.763. The Hall–Kier alpha value is -1.59. The van der Waals surface area contributed by atoms with E-state index in [1.165, 1.54) is 167 Å². The fourth-order valence-corrected chi connectivity index (χ4v) is 7.91. The molecule has 2 atom stereocenters. The van der Waals surface area contributed by atoms with E-state index < -0.39 is 6.10 Å². The number of esters is 3. The summed E-state index contributed by atoms with van der Waals surface area (Å²) in [5, 5.41) is 0. The molecule has 0 aliphatic carbocycles. The topological polar surface area (TPSA) is 78.9 Å². The zero-order valence-corrected chi connectivity index (χ0v) is 40.5. The van der Waals surface area contributed by atoms with Crippen LogP contribution in [-0.4, -0.2) is 37.2 Å². The van der Waals surface area contributed by atoms with Crippen LogP contribution in [-0.2, 0) is 28.6 Å². The maximum Gasteiger partial charge on any atom is 0.306 e. The van der Waals surface area contributed by atoms with Crippen molar-refractivity contribution < 1.29 is 28.6 Å². The van der Waals surface area contributed by atoms with Crippen LogP contribution in [0.3, 0.4) is 0 Å². The molecular formula is C53H102O6. The summed E-state index contributed by atoms with van der Waals surface area (Å²) in [6.07, 6.45) is 43.7. The summed E-state index contributed by atoms with van der Waals surface area (Å²) in [5.41, 5.74) is 0. The molecule has 0 spiro atoms. The SMILES string of the molecule is CCC(C)CCCCCCCCCCC(=O)OC[C@H](COC(=O)CCCCCCCCCCCCCCCC(C)C)OC(=O)CCCCCCCCCCCCC(C)C. The zero-order chi connectivity index (χ0) is 43.4. The summed E-state index contributed by atoms with van der Waals surface area (Å²) in [6.45, 7) is 13.7. The van der Waals surface area contributed by atoms with Crippen molar-refractivity contribution in [3.63, 3.8) is 0 Å². The molecule has 0 aromatic carbocycles. The Kier molecular flexibility index (Phi) is 43.3. The Morgan fingerprint density at radius 1 is 0.339 bits per heavy atom. The van der Waals surface area contributed by atoms with Crippen molar-refractivity contribution in [1.29, 1.82) is 0 Å². The molecule has 350 valence electrons. The van der Waals surface area contributed by atoms with Crippen LogP contribution in [0.15, 0.2) is 0 Å². The van der Waals surface area contributed by atoms with Crippen molar-refractivity contribution >= 4 is 17.9 Å². The molecule has 0 aromatic heterocycles. The van der Waals surface area contributed by atoms with Gasteiger partial charge in [-0.2, -0.15) is 0 Å². The number of unbranched alkanes of at least 4 members (excludes halogenated alkanes) is 28. The summed E-state index contributed by atoms with van der Waals surface area (Å²) in [5.74, 6) is 1.65. The molecule has 1 unspecified atom stereocenters. The summed E-state index contributed by atoms with van der Waals surface area (Å²) in [4.78, 5) is 38.0. The Balaban J connectivity index is 4.32. The molecule has 6 nitrogen and oxygen atoms in total. The second kappa shape index (κ2) is 44.5. The zero-order valence-electron chi connectivity index (χ0n) is 40.5. The molecule has 0 amide bonds. The quantitative estimate of drug-likeness (QED) is 0.0345. The maximum absolute atomic E-state index is 12.8. The molecule has 0 rings (SSSR count). The van der Waals surface area contributed by atoms with Gasteiger partial charge >= 0.3 is 17.9 Å². The molecule has 0 fully saturated rings. The van der Waals surface area contributed by atoms with E-state index in [9.17, 15) is 14.4 Å². The number of ether oxygens (including phenoxy) is 3. The molecule has 6 heteroatoms. The molecule has 0 bridgehead atoms. The number of hydrogen-bond donors (Lipinski definition) is 0. The first-order chi connectivity index (χ1) is 28.6. The van der Waals surface area contributed by atoms with Gasteiger partial charge in [-0.15, -0.1) is 0 Å². The van der Waals surface area contributed by atoms with E-state index in [2.05, 4.69) is 41.5 Å². The molecule has 0 aromatic rings. The highest BCUT2D eigenvalue weighted by molar-refractivity contribution is 5.71. The number of hydrogen-bond acceptors (Lipinski definition) is 6. The van der Waals surface area contributed by atoms with Crippen molar-refractivity contribution in [1.82, 2.24) is 0 Å². The van der Waals surface area contributed by atoms with E-state index in [0.717, 1.165) is 75.5 Å². The van der Waals surface area contributed by atoms with Gasteiger partial charge in [0.2, 0.25) is 0 Å². The van der Waals surface area contributed by atoms with Crippen LogP contribution in [0, 0.1) is 17.8 Å². The fraction of sp³-hybridized carbons (Fsp3) is 0.943. The number of carbonyl (C=O) groups excluding carboxylic acids is 3. The van der Waals surface area contributed by atoms with Gasteiger partial charge in [-0.3, -0.25) is 14.4 Å². The van der Waals surface area contributed by atoms with Crippen LogP contribution in [0.4, 0.5) is 0 Å². The third-order valence-electron chi connectivity index (χ3n) is 12.3. The maximum atomic E-state index is 12.8. The van der Waals surface area contributed by atoms with Crippen LogP contribution in [0.25, 0.3) is 0 Å². The molecule has 0 N–H and O–H groups in total. The highest BCUT2D eigenvalue weighted by Gasteiger charge is 2.19. The lowest BCUT2D eigenvalue weighted by Gasteiger charge is -2.18. The highest BCUT2D eigenvalue weighted by atomic mass is 16.6. The van der Waals surface area contributed by atoms with Gasteiger partial charge in [-0.05, 0) is 37.0 Å². The average Bonchev–Trinajstić information content (AvgIpc) is 3.20. The molecule has 59 heavy (non-hydrogen) atoms. The van der Waals surface area contributed by atoms with Crippen LogP contribution < -0.4 is 0 Å². The standard InChI is InChI=1S/C53H102O6/c1-7-49(6)41-35-29-23-19-20-25-31-37-43-52(55)58-46-50(59-53(56)44-38-32-26-18-14-13-16-22-28-34-40-48(4)5)45-57-51(54)42-36-30-24-17-12-10-8-9-11-15-21-27-33-39-47(2)3/h47-50H,7-46H2,1-6H3/t49?,50-/m0/s1. The first kappa shape index (κ1) is 57.4. The normalized spacial score (nSPS) is 12.6. The number of rotatable bonds is 46. The van der Waals surface area contributed by atoms with Crippen molar-refractivity contribution in [2.45, 2.75) is 292 Å². The molecule has 0 radical (unpaired) electrons. The molecule has 0 saturated carbocycles. The van der Waals surface area contributed by atoms with Gasteiger partial charge in [0.1, 0.15) is 13.2 Å². The van der Waals surface area contributed by atoms with E-state index in [4.69, 9.17) is 14.2 Å². The third-order valence-corrected chi connectivity index (χ3v) is 12.3. The minimum Gasteiger partial charge on any atom is -0.462 e. The molecule has 0 heterocycles. The van der Waals surface area contributed by atoms with E-state index in [0.29, 0.717) is 19.3 Å². The van der Waals surface area contributed by atoms with E-state index in [1.807, 2.05) is 0 Å². The van der Waals surface area contributed by atoms with Gasteiger partial charge in [0.15, 0.2) is 6.10 Å². The van der Waals surface area contributed by atoms with Gasteiger partial charge in [-0.25, -0.2) is 0 Å². The van der Waals surface area contributed by atoms with Crippen LogP contribution in [0.2, 0.25) is 0 Å². The Morgan fingerprint density at radius 3 is 0.881 bits per heavy atom. The van der Waals surface area contributed by atoms with Gasteiger partial charge in [0.05, 0.1) is 0 Å². The van der Waals surface area contributed by atoms with Crippen molar-refractivity contribution in [2.75, 3.05) is 13.2 Å². The van der Waals surface area contributed by atoms with Crippen LogP contribution in [0.1, 0.15) is 286 Å². The second-order valence-electron chi connectivity index (χ2n) is 19.4. The summed E-state index contributed by atoms with van der Waals surface area (Å²) in [6, 6.07) is 0. The van der Waals surface area contributed by atoms with E-state index in [1.54, 1.807) is 0 Å². The summed E-state index contributed by atoms with van der Waals surface area (Å²) >= 11 is 0. The summed E-state index contributed by atoms with van der Waals surface area (Å²) < 4.78 is 16.8. The second-order valence-corrected chi connectivity index (χ2v) is 19.4. The van der Waals surface area contributed by atoms with E-state index >= 15 is 0 Å². The van der Waals surface area contributed by atoms with E-state index in [-0.39, 0.29) is 31.1 Å².